The Morgan fingerprint density at radius 2 is 1.93 bits per heavy atom. The van der Waals surface area contributed by atoms with Gasteiger partial charge in [0.25, 0.3) is 0 Å². The highest BCUT2D eigenvalue weighted by atomic mass is 16.4. The highest BCUT2D eigenvalue weighted by molar-refractivity contribution is 5.81. The van der Waals surface area contributed by atoms with Crippen LogP contribution in [-0.2, 0) is 9.59 Å². The Morgan fingerprint density at radius 3 is 2.50 bits per heavy atom. The van der Waals surface area contributed by atoms with Crippen LogP contribution in [0, 0.1) is 5.41 Å². The predicted octanol–water partition coefficient (Wildman–Crippen LogP) is 4.90. The smallest absolute Gasteiger partial charge is 0.328 e. The summed E-state index contributed by atoms with van der Waals surface area (Å²) in [5, 5.41) is 27.9. The van der Waals surface area contributed by atoms with Gasteiger partial charge in [0, 0.05) is 6.08 Å². The molecule has 1 unspecified atom stereocenters. The summed E-state index contributed by atoms with van der Waals surface area (Å²) >= 11 is 0. The van der Waals surface area contributed by atoms with E-state index in [1.165, 1.54) is 24.8 Å². The van der Waals surface area contributed by atoms with Crippen molar-refractivity contribution in [1.82, 2.24) is 0 Å². The van der Waals surface area contributed by atoms with Crippen molar-refractivity contribution < 1.29 is 24.9 Å². The van der Waals surface area contributed by atoms with Crippen molar-refractivity contribution in [2.45, 2.75) is 85.2 Å². The summed E-state index contributed by atoms with van der Waals surface area (Å²) in [7, 11) is 0. The van der Waals surface area contributed by atoms with Gasteiger partial charge >= 0.3 is 5.97 Å². The third-order valence-electron chi connectivity index (χ3n) is 6.05. The van der Waals surface area contributed by atoms with Gasteiger partial charge < -0.3 is 15.3 Å². The molecule has 0 saturated heterocycles. The second-order valence-corrected chi connectivity index (χ2v) is 8.95. The van der Waals surface area contributed by atoms with Crippen LogP contribution >= 0.6 is 0 Å². The van der Waals surface area contributed by atoms with E-state index in [0.29, 0.717) is 17.4 Å². The number of hydrogen-bond acceptors (Lipinski definition) is 4. The van der Waals surface area contributed by atoms with Gasteiger partial charge in [0.05, 0.1) is 12.7 Å². The molecule has 0 heterocycles. The van der Waals surface area contributed by atoms with Crippen LogP contribution in [-0.4, -0.2) is 40.3 Å². The van der Waals surface area contributed by atoms with Gasteiger partial charge in [-0.15, -0.1) is 0 Å². The zero-order valence-electron chi connectivity index (χ0n) is 18.9. The van der Waals surface area contributed by atoms with Crippen LogP contribution in [0.1, 0.15) is 79.1 Å². The molecule has 0 bridgehead atoms. The molecule has 1 aliphatic carbocycles. The first-order valence-electron chi connectivity index (χ1n) is 10.8. The summed E-state index contributed by atoms with van der Waals surface area (Å²) in [6, 6.07) is 0. The van der Waals surface area contributed by atoms with E-state index in [1.807, 2.05) is 0 Å². The molecule has 30 heavy (non-hydrogen) atoms. The van der Waals surface area contributed by atoms with Crippen molar-refractivity contribution in [2.24, 2.45) is 5.41 Å². The van der Waals surface area contributed by atoms with Gasteiger partial charge in [0.1, 0.15) is 6.29 Å². The highest BCUT2D eigenvalue weighted by Gasteiger charge is 2.27. The number of aliphatic hydroxyl groups is 2. The first kappa shape index (κ1) is 26.1. The van der Waals surface area contributed by atoms with E-state index in [1.54, 1.807) is 17.2 Å². The van der Waals surface area contributed by atoms with Gasteiger partial charge in [0.2, 0.25) is 0 Å². The molecule has 0 aromatic heterocycles. The monoisotopic (exact) mass is 418 g/mol. The second kappa shape index (κ2) is 12.7. The summed E-state index contributed by atoms with van der Waals surface area (Å²) in [6.45, 7) is 8.54. The molecule has 168 valence electrons. The molecular formula is C25H38O5. The largest absolute Gasteiger partial charge is 0.478 e. The van der Waals surface area contributed by atoms with Crippen LogP contribution in [0.5, 0.6) is 0 Å². The Balaban J connectivity index is 2.58. The van der Waals surface area contributed by atoms with Crippen LogP contribution in [0.2, 0.25) is 0 Å². The number of aliphatic carboxylic acids is 1. The molecule has 1 aliphatic rings. The van der Waals surface area contributed by atoms with Gasteiger partial charge in [0.15, 0.2) is 0 Å². The average Bonchev–Trinajstić information content (AvgIpc) is 2.67. The maximum absolute atomic E-state index is 11.3. The zero-order valence-corrected chi connectivity index (χ0v) is 18.9. The van der Waals surface area contributed by atoms with Crippen molar-refractivity contribution in [3.05, 3.63) is 46.1 Å². The normalized spacial score (nSPS) is 19.1. The molecule has 0 spiro atoms. The number of carbonyl (C=O) groups is 2. The topological polar surface area (TPSA) is 94.8 Å². The fraction of sp³-hybridized carbons (Fsp3) is 0.600. The summed E-state index contributed by atoms with van der Waals surface area (Å²) in [5.41, 5.74) is 5.34. The second-order valence-electron chi connectivity index (χ2n) is 8.95. The minimum atomic E-state index is -1.22. The lowest BCUT2D eigenvalue weighted by molar-refractivity contribution is -0.131. The van der Waals surface area contributed by atoms with Gasteiger partial charge in [-0.05, 0) is 81.8 Å². The number of aliphatic hydroxyl groups excluding tert-OH is 2. The number of carboxylic acids is 1. The molecule has 1 atom stereocenters. The molecule has 3 N–H and O–H groups in total. The molecule has 0 aliphatic heterocycles. The lowest BCUT2D eigenvalue weighted by atomic mass is 9.71. The lowest BCUT2D eigenvalue weighted by Crippen LogP contribution is -2.20. The van der Waals surface area contributed by atoms with Crippen LogP contribution in [0.15, 0.2) is 46.1 Å². The van der Waals surface area contributed by atoms with Crippen LogP contribution < -0.4 is 0 Å². The van der Waals surface area contributed by atoms with Crippen LogP contribution in [0.25, 0.3) is 0 Å². The fourth-order valence-corrected chi connectivity index (χ4v) is 4.17. The van der Waals surface area contributed by atoms with E-state index < -0.39 is 18.7 Å². The first-order valence-corrected chi connectivity index (χ1v) is 10.8. The van der Waals surface area contributed by atoms with E-state index in [2.05, 4.69) is 33.8 Å². The Bertz CT molecular complexity index is 722. The molecule has 0 saturated carbocycles. The number of hydrogen-bond donors (Lipinski definition) is 3. The average molecular weight is 419 g/mol. The summed E-state index contributed by atoms with van der Waals surface area (Å²) in [5.74, 6) is -1.22. The van der Waals surface area contributed by atoms with Gasteiger partial charge in [-0.2, -0.15) is 0 Å². The van der Waals surface area contributed by atoms with Gasteiger partial charge in [-0.3, -0.25) is 4.79 Å². The summed E-state index contributed by atoms with van der Waals surface area (Å²) in [6.07, 6.45) is 11.5. The lowest BCUT2D eigenvalue weighted by Gasteiger charge is -2.35. The van der Waals surface area contributed by atoms with Gasteiger partial charge in [-0.1, -0.05) is 42.7 Å². The first-order chi connectivity index (χ1) is 14.1. The van der Waals surface area contributed by atoms with Crippen LogP contribution in [0.4, 0.5) is 0 Å². The molecule has 0 amide bonds. The van der Waals surface area contributed by atoms with Crippen molar-refractivity contribution in [3.8, 4) is 0 Å². The molecule has 0 aromatic rings. The maximum Gasteiger partial charge on any atom is 0.328 e. The Morgan fingerprint density at radius 1 is 1.23 bits per heavy atom. The number of carboxylic acid groups (broad SMARTS) is 1. The maximum atomic E-state index is 11.3. The number of aldehydes is 1. The van der Waals surface area contributed by atoms with E-state index in [9.17, 15) is 19.8 Å². The van der Waals surface area contributed by atoms with E-state index in [-0.39, 0.29) is 12.0 Å². The molecule has 1 rings (SSSR count). The summed E-state index contributed by atoms with van der Waals surface area (Å²) in [4.78, 5) is 22.0. The highest BCUT2D eigenvalue weighted by Crippen LogP contribution is 2.42. The third kappa shape index (κ3) is 8.80. The standard InChI is InChI=1S/C25H38O5/c1-18(10-12-22-19(2)8-6-14-25(22,3)4)7-5-9-20(16-26)11-13-23(28)21(17-27)15-24(29)30/h7,11,15-16,23,27-28H,5-6,8-10,12-14,17H2,1-4H3,(H,29,30)/b18-7+,20-11+,21-15+. The molecule has 5 nitrogen and oxygen atoms in total. The number of allylic oxidation sites excluding steroid dienone is 5. The van der Waals surface area contributed by atoms with Crippen molar-refractivity contribution in [3.63, 3.8) is 0 Å². The van der Waals surface area contributed by atoms with Crippen molar-refractivity contribution in [2.75, 3.05) is 6.61 Å². The number of carbonyl (C=O) groups excluding carboxylic acids is 1. The van der Waals surface area contributed by atoms with Gasteiger partial charge in [-0.25, -0.2) is 4.79 Å². The Labute approximate surface area is 180 Å². The fourth-order valence-electron chi connectivity index (χ4n) is 4.17. The Kier molecular flexibility index (Phi) is 11.0. The van der Waals surface area contributed by atoms with E-state index in [0.717, 1.165) is 31.6 Å². The zero-order chi connectivity index (χ0) is 22.7. The molecule has 0 radical (unpaired) electrons. The van der Waals surface area contributed by atoms with E-state index in [4.69, 9.17) is 5.11 Å². The third-order valence-corrected chi connectivity index (χ3v) is 6.05. The molecule has 0 fully saturated rings. The molecular weight excluding hydrogens is 380 g/mol. The quantitative estimate of drug-likeness (QED) is 0.238. The van der Waals surface area contributed by atoms with Crippen molar-refractivity contribution >= 4 is 12.3 Å². The SMILES string of the molecule is CC1=C(CC/C(C)=C/CC/C(C=O)=C\CC(O)/C(=C/C(=O)O)CO)C(C)(C)CCC1. The predicted molar refractivity (Wildman–Crippen MR) is 120 cm³/mol. The minimum Gasteiger partial charge on any atom is -0.478 e. The molecule has 0 aromatic carbocycles. The molecule has 5 heteroatoms. The van der Waals surface area contributed by atoms with Crippen LogP contribution in [0.3, 0.4) is 0 Å². The minimum absolute atomic E-state index is 0.0231. The van der Waals surface area contributed by atoms with Crippen molar-refractivity contribution in [1.29, 1.82) is 0 Å². The number of rotatable bonds is 12. The Hall–Kier alpha value is -1.98. The summed E-state index contributed by atoms with van der Waals surface area (Å²) < 4.78 is 0. The van der Waals surface area contributed by atoms with E-state index >= 15 is 0 Å².